The van der Waals surface area contributed by atoms with Gasteiger partial charge in [0, 0.05) is 35.5 Å². The molecule has 0 radical (unpaired) electrons. The molecular weight excluding hydrogens is 378 g/mol. The predicted molar refractivity (Wildman–Crippen MR) is 107 cm³/mol. The minimum atomic E-state index is -0.386. The zero-order valence-electron chi connectivity index (χ0n) is 15.3. The lowest BCUT2D eigenvalue weighted by atomic mass is 10.2. The number of rotatable bonds is 8. The first kappa shape index (κ1) is 19.5. The number of esters is 1. The number of carbonyl (C=O) groups is 2. The van der Waals surface area contributed by atoms with Gasteiger partial charge in [0.25, 0.3) is 0 Å². The van der Waals surface area contributed by atoms with Crippen molar-refractivity contribution in [1.82, 2.24) is 10.2 Å². The van der Waals surface area contributed by atoms with Gasteiger partial charge < -0.3 is 14.5 Å². The monoisotopic (exact) mass is 397 g/mol. The van der Waals surface area contributed by atoms with Gasteiger partial charge in [0.2, 0.25) is 17.7 Å². The van der Waals surface area contributed by atoms with E-state index in [1.54, 1.807) is 48.6 Å². The number of carbonyl (C=O) groups excluding carboxylic acids is 2. The highest BCUT2D eigenvalue weighted by atomic mass is 32.1. The molecule has 2 aromatic heterocycles. The molecule has 0 aliphatic carbocycles. The number of hydrogen-bond donors (Lipinski definition) is 1. The molecule has 7 nitrogen and oxygen atoms in total. The molecule has 0 aliphatic heterocycles. The molecule has 0 unspecified atom stereocenters. The molecule has 0 saturated carbocycles. The van der Waals surface area contributed by atoms with Gasteiger partial charge in [-0.25, -0.2) is 4.79 Å². The Kier molecular flexibility index (Phi) is 6.69. The number of hydrogen-bond acceptors (Lipinski definition) is 7. The quantitative estimate of drug-likeness (QED) is 0.457. The first-order valence-corrected chi connectivity index (χ1v) is 9.68. The van der Waals surface area contributed by atoms with E-state index >= 15 is 0 Å². The van der Waals surface area contributed by atoms with Crippen molar-refractivity contribution in [2.45, 2.75) is 19.8 Å². The van der Waals surface area contributed by atoms with Crippen LogP contribution in [0.1, 0.15) is 24.8 Å². The van der Waals surface area contributed by atoms with Gasteiger partial charge in [-0.3, -0.25) is 4.79 Å². The number of aryl methyl sites for hydroxylation is 1. The van der Waals surface area contributed by atoms with Crippen LogP contribution in [0.5, 0.6) is 0 Å². The van der Waals surface area contributed by atoms with Gasteiger partial charge in [0.1, 0.15) is 0 Å². The summed E-state index contributed by atoms with van der Waals surface area (Å²) in [6.45, 7) is 2.09. The second-order valence-corrected chi connectivity index (χ2v) is 6.55. The summed E-state index contributed by atoms with van der Waals surface area (Å²) in [7, 11) is 0. The maximum Gasteiger partial charge on any atom is 0.330 e. The number of nitrogens with one attached hydrogen (secondary N) is 1. The van der Waals surface area contributed by atoms with E-state index in [0.29, 0.717) is 30.5 Å². The Bertz CT molecular complexity index is 946. The molecule has 1 amide bonds. The van der Waals surface area contributed by atoms with Gasteiger partial charge in [-0.2, -0.15) is 11.3 Å². The third kappa shape index (κ3) is 5.62. The summed E-state index contributed by atoms with van der Waals surface area (Å²) < 4.78 is 10.4. The third-order valence-electron chi connectivity index (χ3n) is 3.69. The van der Waals surface area contributed by atoms with E-state index < -0.39 is 0 Å². The van der Waals surface area contributed by atoms with Gasteiger partial charge in [-0.1, -0.05) is 12.1 Å². The van der Waals surface area contributed by atoms with Crippen LogP contribution in [0.25, 0.3) is 17.5 Å². The fourth-order valence-corrected chi connectivity index (χ4v) is 2.96. The summed E-state index contributed by atoms with van der Waals surface area (Å²) >= 11 is 1.55. The molecule has 8 heteroatoms. The zero-order valence-corrected chi connectivity index (χ0v) is 16.1. The van der Waals surface area contributed by atoms with Crippen molar-refractivity contribution >= 4 is 35.0 Å². The Morgan fingerprint density at radius 2 is 2.04 bits per heavy atom. The lowest BCUT2D eigenvalue weighted by Gasteiger charge is -2.04. The fourth-order valence-electron chi connectivity index (χ4n) is 2.33. The number of benzene rings is 1. The van der Waals surface area contributed by atoms with E-state index in [2.05, 4.69) is 15.5 Å². The molecule has 0 fully saturated rings. The number of amides is 1. The summed E-state index contributed by atoms with van der Waals surface area (Å²) in [5, 5.41) is 14.6. The highest BCUT2D eigenvalue weighted by Gasteiger charge is 2.11. The maximum atomic E-state index is 12.1. The first-order chi connectivity index (χ1) is 13.6. The van der Waals surface area contributed by atoms with Gasteiger partial charge >= 0.3 is 5.97 Å². The highest BCUT2D eigenvalue weighted by Crippen LogP contribution is 2.21. The second kappa shape index (κ2) is 9.61. The van der Waals surface area contributed by atoms with Crippen LogP contribution in [-0.2, 0) is 20.7 Å². The van der Waals surface area contributed by atoms with Crippen molar-refractivity contribution in [3.8, 4) is 11.5 Å². The Morgan fingerprint density at radius 1 is 1.21 bits per heavy atom. The van der Waals surface area contributed by atoms with Crippen molar-refractivity contribution < 1.29 is 18.7 Å². The van der Waals surface area contributed by atoms with Crippen molar-refractivity contribution in [2.24, 2.45) is 0 Å². The molecular formula is C20H19N3O4S. The van der Waals surface area contributed by atoms with E-state index in [0.717, 1.165) is 11.1 Å². The second-order valence-electron chi connectivity index (χ2n) is 5.77. The molecule has 3 aromatic rings. The van der Waals surface area contributed by atoms with E-state index in [1.807, 2.05) is 16.8 Å². The smallest absolute Gasteiger partial charge is 0.330 e. The molecule has 2 heterocycles. The number of aromatic nitrogens is 2. The normalized spacial score (nSPS) is 10.9. The number of nitrogens with zero attached hydrogens (tertiary/aromatic N) is 2. The number of ether oxygens (including phenoxy) is 1. The van der Waals surface area contributed by atoms with Gasteiger partial charge in [0.05, 0.1) is 6.61 Å². The standard InChI is InChI=1S/C20H19N3O4S/c1-2-26-19(25)10-5-14-3-6-16(7-4-14)21-17(24)8-9-18-22-23-20(27-18)15-11-12-28-13-15/h3-7,10-13H,2,8-9H2,1H3,(H,21,24)/b10-5+. The summed E-state index contributed by atoms with van der Waals surface area (Å²) in [6, 6.07) is 9.04. The topological polar surface area (TPSA) is 94.3 Å². The molecule has 144 valence electrons. The van der Waals surface area contributed by atoms with E-state index in [-0.39, 0.29) is 18.3 Å². The van der Waals surface area contributed by atoms with Crippen molar-refractivity contribution in [2.75, 3.05) is 11.9 Å². The SMILES string of the molecule is CCOC(=O)/C=C/c1ccc(NC(=O)CCc2nnc(-c3ccsc3)o2)cc1. The minimum Gasteiger partial charge on any atom is -0.463 e. The van der Waals surface area contributed by atoms with Crippen LogP contribution < -0.4 is 5.32 Å². The van der Waals surface area contributed by atoms with Crippen LogP contribution in [0, 0.1) is 0 Å². The molecule has 28 heavy (non-hydrogen) atoms. The van der Waals surface area contributed by atoms with Gasteiger partial charge in [0.15, 0.2) is 0 Å². The number of anilines is 1. The van der Waals surface area contributed by atoms with Gasteiger partial charge in [-0.15, -0.1) is 10.2 Å². The van der Waals surface area contributed by atoms with Crippen molar-refractivity contribution in [3.05, 3.63) is 58.6 Å². The maximum absolute atomic E-state index is 12.1. The summed E-state index contributed by atoms with van der Waals surface area (Å²) in [6.07, 6.45) is 3.62. The summed E-state index contributed by atoms with van der Waals surface area (Å²) in [4.78, 5) is 23.4. The largest absolute Gasteiger partial charge is 0.463 e. The third-order valence-corrected chi connectivity index (χ3v) is 4.38. The van der Waals surface area contributed by atoms with Crippen LogP contribution in [0.2, 0.25) is 0 Å². The van der Waals surface area contributed by atoms with E-state index in [4.69, 9.17) is 9.15 Å². The van der Waals surface area contributed by atoms with Gasteiger partial charge in [-0.05, 0) is 42.1 Å². The Labute approximate surface area is 166 Å². The van der Waals surface area contributed by atoms with Crippen molar-refractivity contribution in [3.63, 3.8) is 0 Å². The van der Waals surface area contributed by atoms with Crippen LogP contribution in [-0.4, -0.2) is 28.7 Å². The Balaban J connectivity index is 1.47. The first-order valence-electron chi connectivity index (χ1n) is 8.73. The molecule has 0 bridgehead atoms. The molecule has 0 spiro atoms. The van der Waals surface area contributed by atoms with Crippen LogP contribution in [0.15, 0.2) is 51.6 Å². The number of thiophene rings is 1. The van der Waals surface area contributed by atoms with Crippen LogP contribution >= 0.6 is 11.3 Å². The average Bonchev–Trinajstić information content (AvgIpc) is 3.38. The minimum absolute atomic E-state index is 0.148. The lowest BCUT2D eigenvalue weighted by molar-refractivity contribution is -0.137. The molecule has 1 aromatic carbocycles. The Morgan fingerprint density at radius 3 is 2.75 bits per heavy atom. The van der Waals surface area contributed by atoms with Crippen LogP contribution in [0.4, 0.5) is 5.69 Å². The molecule has 0 atom stereocenters. The molecule has 0 saturated heterocycles. The molecule has 3 rings (SSSR count). The highest BCUT2D eigenvalue weighted by molar-refractivity contribution is 7.08. The van der Waals surface area contributed by atoms with Crippen LogP contribution in [0.3, 0.4) is 0 Å². The molecule has 1 N–H and O–H groups in total. The fraction of sp³-hybridized carbons (Fsp3) is 0.200. The predicted octanol–water partition coefficient (Wildman–Crippen LogP) is 3.95. The van der Waals surface area contributed by atoms with E-state index in [1.165, 1.54) is 6.08 Å². The van der Waals surface area contributed by atoms with E-state index in [9.17, 15) is 9.59 Å². The van der Waals surface area contributed by atoms with Crippen molar-refractivity contribution in [1.29, 1.82) is 0 Å². The zero-order chi connectivity index (χ0) is 19.8. The average molecular weight is 397 g/mol. The Hall–Kier alpha value is -3.26. The summed E-state index contributed by atoms with van der Waals surface area (Å²) in [5.41, 5.74) is 2.38. The molecule has 0 aliphatic rings. The lowest BCUT2D eigenvalue weighted by Crippen LogP contribution is -2.12. The summed E-state index contributed by atoms with van der Waals surface area (Å²) in [5.74, 6) is 0.354.